The van der Waals surface area contributed by atoms with Gasteiger partial charge in [-0.1, -0.05) is 11.6 Å². The summed E-state index contributed by atoms with van der Waals surface area (Å²) >= 11 is 5.90. The number of sulfone groups is 1. The second-order valence-corrected chi connectivity index (χ2v) is 10.5. The normalized spacial score (nSPS) is 15.0. The summed E-state index contributed by atoms with van der Waals surface area (Å²) in [6, 6.07) is 15.8. The summed E-state index contributed by atoms with van der Waals surface area (Å²) in [6.45, 7) is 3.22. The first-order valence-electron chi connectivity index (χ1n) is 10.4. The third-order valence-corrected chi connectivity index (χ3v) is 7.04. The Morgan fingerprint density at radius 1 is 1.06 bits per heavy atom. The van der Waals surface area contributed by atoms with Crippen molar-refractivity contribution in [2.45, 2.75) is 30.6 Å². The molecule has 0 spiro atoms. The number of urea groups is 1. The molecule has 7 nitrogen and oxygen atoms in total. The lowest BCUT2D eigenvalue weighted by atomic mass is 9.93. The molecule has 0 atom stereocenters. The van der Waals surface area contributed by atoms with Gasteiger partial charge in [-0.2, -0.15) is 5.10 Å². The molecule has 1 aromatic heterocycles. The first-order chi connectivity index (χ1) is 15.2. The van der Waals surface area contributed by atoms with Crippen molar-refractivity contribution in [3.8, 4) is 5.69 Å². The highest BCUT2D eigenvalue weighted by Crippen LogP contribution is 2.31. The SMILES string of the molecule is Cc1cc(C2CCN(C(=O)Nc3ccc(Cl)cc3)CC2)n(-c2ccc(S(C)(=O)=O)cc2)n1. The zero-order valence-corrected chi connectivity index (χ0v) is 19.5. The Morgan fingerprint density at radius 2 is 1.69 bits per heavy atom. The number of likely N-dealkylation sites (tertiary alicyclic amines) is 1. The van der Waals surface area contributed by atoms with Gasteiger partial charge >= 0.3 is 6.03 Å². The summed E-state index contributed by atoms with van der Waals surface area (Å²) in [6.07, 6.45) is 2.84. The van der Waals surface area contributed by atoms with Gasteiger partial charge in [-0.05, 0) is 74.4 Å². The average molecular weight is 473 g/mol. The Labute approximate surface area is 192 Å². The second-order valence-electron chi connectivity index (χ2n) is 8.09. The average Bonchev–Trinajstić information content (AvgIpc) is 3.16. The Hall–Kier alpha value is -2.84. The lowest BCUT2D eigenvalue weighted by Gasteiger charge is -2.32. The maximum atomic E-state index is 12.6. The summed E-state index contributed by atoms with van der Waals surface area (Å²) in [5, 5.41) is 8.17. The topological polar surface area (TPSA) is 84.3 Å². The molecule has 2 heterocycles. The van der Waals surface area contributed by atoms with E-state index in [1.54, 1.807) is 48.5 Å². The van der Waals surface area contributed by atoms with Crippen molar-refractivity contribution in [3.05, 3.63) is 71.0 Å². The number of hydrogen-bond acceptors (Lipinski definition) is 4. The molecule has 1 saturated heterocycles. The molecule has 0 aliphatic carbocycles. The molecule has 0 bridgehead atoms. The number of rotatable bonds is 4. The number of piperidine rings is 1. The number of carbonyl (C=O) groups is 1. The lowest BCUT2D eigenvalue weighted by Crippen LogP contribution is -2.40. The number of aromatic nitrogens is 2. The van der Waals surface area contributed by atoms with Gasteiger partial charge in [-0.15, -0.1) is 0 Å². The largest absolute Gasteiger partial charge is 0.324 e. The number of carbonyl (C=O) groups excluding carboxylic acids is 1. The fourth-order valence-corrected chi connectivity index (χ4v) is 4.72. The molecule has 1 N–H and O–H groups in total. The standard InChI is InChI=1S/C23H25ClN4O3S/c1-16-15-22(28(26-16)20-7-9-21(10-8-20)32(2,30)31)17-11-13-27(14-12-17)23(29)25-19-5-3-18(24)4-6-19/h3-10,15,17H,11-14H2,1-2H3,(H,25,29). The van der Waals surface area contributed by atoms with Crippen LogP contribution >= 0.6 is 11.6 Å². The van der Waals surface area contributed by atoms with Crippen molar-refractivity contribution >= 4 is 33.2 Å². The predicted molar refractivity (Wildman–Crippen MR) is 125 cm³/mol. The van der Waals surface area contributed by atoms with E-state index in [1.807, 2.05) is 16.5 Å². The quantitative estimate of drug-likeness (QED) is 0.599. The first kappa shape index (κ1) is 22.4. The number of nitrogens with zero attached hydrogens (tertiary/aromatic N) is 3. The third kappa shape index (κ3) is 4.97. The van der Waals surface area contributed by atoms with Gasteiger partial charge in [-0.25, -0.2) is 17.9 Å². The smallest absolute Gasteiger partial charge is 0.321 e. The molecule has 168 valence electrons. The van der Waals surface area contributed by atoms with Crippen LogP contribution in [0, 0.1) is 6.92 Å². The number of nitrogens with one attached hydrogen (secondary N) is 1. The van der Waals surface area contributed by atoms with Gasteiger partial charge in [0.1, 0.15) is 0 Å². The van der Waals surface area contributed by atoms with Gasteiger partial charge < -0.3 is 10.2 Å². The van der Waals surface area contributed by atoms with Crippen molar-refractivity contribution in [2.24, 2.45) is 0 Å². The van der Waals surface area contributed by atoms with Crippen LogP contribution in [0.4, 0.5) is 10.5 Å². The minimum Gasteiger partial charge on any atom is -0.324 e. The van der Waals surface area contributed by atoms with Crippen LogP contribution in [0.15, 0.2) is 59.5 Å². The highest BCUT2D eigenvalue weighted by molar-refractivity contribution is 7.90. The van der Waals surface area contributed by atoms with Crippen LogP contribution < -0.4 is 5.32 Å². The van der Waals surface area contributed by atoms with Crippen LogP contribution in [0.2, 0.25) is 5.02 Å². The van der Waals surface area contributed by atoms with Crippen LogP contribution in [0.5, 0.6) is 0 Å². The van der Waals surface area contributed by atoms with Gasteiger partial charge in [-0.3, -0.25) is 0 Å². The molecule has 0 unspecified atom stereocenters. The van der Waals surface area contributed by atoms with Crippen LogP contribution in [0.25, 0.3) is 5.69 Å². The Kier molecular flexibility index (Phi) is 6.26. The number of hydrogen-bond donors (Lipinski definition) is 1. The van der Waals surface area contributed by atoms with E-state index in [4.69, 9.17) is 11.6 Å². The second kappa shape index (κ2) is 8.96. The maximum Gasteiger partial charge on any atom is 0.321 e. The van der Waals surface area contributed by atoms with Gasteiger partial charge in [0.15, 0.2) is 9.84 Å². The van der Waals surface area contributed by atoms with E-state index in [0.717, 1.165) is 29.9 Å². The van der Waals surface area contributed by atoms with E-state index in [0.29, 0.717) is 23.8 Å². The molecule has 0 radical (unpaired) electrons. The van der Waals surface area contributed by atoms with Crippen molar-refractivity contribution in [2.75, 3.05) is 24.7 Å². The molecule has 9 heteroatoms. The van der Waals surface area contributed by atoms with Crippen molar-refractivity contribution in [3.63, 3.8) is 0 Å². The summed E-state index contributed by atoms with van der Waals surface area (Å²) in [5.74, 6) is 0.255. The maximum absolute atomic E-state index is 12.6. The zero-order chi connectivity index (χ0) is 22.9. The van der Waals surface area contributed by atoms with Gasteiger partial charge in [0, 0.05) is 41.7 Å². The minimum absolute atomic E-state index is 0.119. The zero-order valence-electron chi connectivity index (χ0n) is 18.0. The molecule has 1 fully saturated rings. The fraction of sp³-hybridized carbons (Fsp3) is 0.304. The highest BCUT2D eigenvalue weighted by atomic mass is 35.5. The van der Waals surface area contributed by atoms with Crippen LogP contribution in [0.1, 0.15) is 30.1 Å². The highest BCUT2D eigenvalue weighted by Gasteiger charge is 2.27. The number of anilines is 1. The molecule has 0 saturated carbocycles. The van der Waals surface area contributed by atoms with Crippen molar-refractivity contribution < 1.29 is 13.2 Å². The van der Waals surface area contributed by atoms with E-state index in [-0.39, 0.29) is 16.8 Å². The van der Waals surface area contributed by atoms with E-state index >= 15 is 0 Å². The lowest BCUT2D eigenvalue weighted by molar-refractivity contribution is 0.193. The molecule has 2 amide bonds. The number of aryl methyl sites for hydroxylation is 1. The molecule has 1 aliphatic heterocycles. The molecule has 1 aliphatic rings. The van der Waals surface area contributed by atoms with E-state index in [1.165, 1.54) is 6.26 Å². The Morgan fingerprint density at radius 3 is 2.28 bits per heavy atom. The molecular formula is C23H25ClN4O3S. The van der Waals surface area contributed by atoms with Gasteiger partial charge in [0.05, 0.1) is 16.3 Å². The summed E-state index contributed by atoms with van der Waals surface area (Å²) in [4.78, 5) is 14.7. The molecule has 32 heavy (non-hydrogen) atoms. The van der Waals surface area contributed by atoms with E-state index in [2.05, 4.69) is 16.5 Å². The molecule has 2 aromatic carbocycles. The van der Waals surface area contributed by atoms with Crippen LogP contribution in [-0.4, -0.2) is 48.5 Å². The first-order valence-corrected chi connectivity index (χ1v) is 12.7. The fourth-order valence-electron chi connectivity index (χ4n) is 3.97. The van der Waals surface area contributed by atoms with Gasteiger partial charge in [0.2, 0.25) is 0 Å². The third-order valence-electron chi connectivity index (χ3n) is 5.66. The Balaban J connectivity index is 1.45. The summed E-state index contributed by atoms with van der Waals surface area (Å²) in [5.41, 5.74) is 3.51. The Bertz CT molecular complexity index is 1210. The summed E-state index contributed by atoms with van der Waals surface area (Å²) < 4.78 is 25.4. The van der Waals surface area contributed by atoms with Gasteiger partial charge in [0.25, 0.3) is 0 Å². The summed E-state index contributed by atoms with van der Waals surface area (Å²) in [7, 11) is -3.25. The molecular weight excluding hydrogens is 448 g/mol. The van der Waals surface area contributed by atoms with E-state index in [9.17, 15) is 13.2 Å². The van der Waals surface area contributed by atoms with Crippen LogP contribution in [0.3, 0.4) is 0 Å². The predicted octanol–water partition coefficient (Wildman–Crippen LogP) is 4.65. The molecule has 4 rings (SSSR count). The minimum atomic E-state index is -3.25. The van der Waals surface area contributed by atoms with E-state index < -0.39 is 9.84 Å². The van der Waals surface area contributed by atoms with Crippen molar-refractivity contribution in [1.82, 2.24) is 14.7 Å². The number of halogens is 1. The van der Waals surface area contributed by atoms with Crippen molar-refractivity contribution in [1.29, 1.82) is 0 Å². The molecule has 3 aromatic rings. The monoisotopic (exact) mass is 472 g/mol. The number of benzene rings is 2. The van der Waals surface area contributed by atoms with Crippen LogP contribution in [-0.2, 0) is 9.84 Å². The number of amides is 2.